The summed E-state index contributed by atoms with van der Waals surface area (Å²) in [6, 6.07) is 11.1. The van der Waals surface area contributed by atoms with Crippen molar-refractivity contribution in [2.24, 2.45) is 11.8 Å². The number of aliphatic hydroxyl groups is 4. The Hall–Kier alpha value is -3.16. The van der Waals surface area contributed by atoms with Crippen molar-refractivity contribution in [3.63, 3.8) is 0 Å². The standard InChI is InChI=1S/2C20H26O3/c2*1-3-9-19-13-18(22)20(23,10-4-2)12-15(19)6-5-14-11-16(21)7-8-17(14)19/h2*3-4,7-8,11,15,18,21-23H,1-2,5-6,9-10,12-13H2/t15-,18+,19-,20+;15-,18-,19-,20+/m11/s1. The van der Waals surface area contributed by atoms with Crippen LogP contribution in [0.25, 0.3) is 0 Å². The van der Waals surface area contributed by atoms with E-state index in [2.05, 4.69) is 26.3 Å². The van der Waals surface area contributed by atoms with E-state index in [1.807, 2.05) is 36.4 Å². The Kier molecular flexibility index (Phi) is 9.77. The molecule has 46 heavy (non-hydrogen) atoms. The van der Waals surface area contributed by atoms with E-state index in [0.29, 0.717) is 50.4 Å². The first-order chi connectivity index (χ1) is 21.9. The fourth-order valence-electron chi connectivity index (χ4n) is 9.71. The summed E-state index contributed by atoms with van der Waals surface area (Å²) < 4.78 is 0. The number of aryl methyl sites for hydroxylation is 2. The second-order valence-corrected chi connectivity index (χ2v) is 14.5. The van der Waals surface area contributed by atoms with Crippen molar-refractivity contribution in [1.29, 1.82) is 0 Å². The highest BCUT2D eigenvalue weighted by atomic mass is 16.3. The highest BCUT2D eigenvalue weighted by Gasteiger charge is 2.56. The SMILES string of the molecule is C=CC[C@]1(O)C[C@H]2CCc3cc(O)ccc3[C@]2(CC=C)C[C@@H]1O.C=CC[C@]1(O)C[C@H]2CCc3cc(O)ccc3[C@]2(CC=C)C[C@H]1O. The van der Waals surface area contributed by atoms with Crippen LogP contribution < -0.4 is 0 Å². The summed E-state index contributed by atoms with van der Waals surface area (Å²) in [7, 11) is 0. The van der Waals surface area contributed by atoms with Gasteiger partial charge in [-0.3, -0.25) is 0 Å². The Morgan fingerprint density at radius 3 is 1.30 bits per heavy atom. The molecule has 248 valence electrons. The maximum atomic E-state index is 10.9. The lowest BCUT2D eigenvalue weighted by molar-refractivity contribution is -0.137. The van der Waals surface area contributed by atoms with Crippen LogP contribution in [0.2, 0.25) is 0 Å². The average molecular weight is 629 g/mol. The molecule has 0 aliphatic heterocycles. The van der Waals surface area contributed by atoms with E-state index >= 15 is 0 Å². The number of phenolic OH excluding ortho intramolecular Hbond substituents is 2. The first kappa shape index (κ1) is 34.2. The minimum absolute atomic E-state index is 0.199. The van der Waals surface area contributed by atoms with E-state index in [-0.39, 0.29) is 22.3 Å². The Morgan fingerprint density at radius 2 is 0.957 bits per heavy atom. The molecule has 0 unspecified atom stereocenters. The number of fused-ring (bicyclic) bond motifs is 6. The van der Waals surface area contributed by atoms with Gasteiger partial charge in [0.2, 0.25) is 0 Å². The van der Waals surface area contributed by atoms with Crippen molar-refractivity contribution >= 4 is 0 Å². The predicted molar refractivity (Wildman–Crippen MR) is 183 cm³/mol. The molecule has 2 saturated carbocycles. The molecule has 2 fully saturated rings. The second kappa shape index (κ2) is 13.2. The van der Waals surface area contributed by atoms with Crippen molar-refractivity contribution in [3.8, 4) is 11.5 Å². The van der Waals surface area contributed by atoms with Crippen LogP contribution in [-0.4, -0.2) is 54.0 Å². The molecule has 0 heterocycles. The fraction of sp³-hybridized carbons (Fsp3) is 0.500. The summed E-state index contributed by atoms with van der Waals surface area (Å²) in [5.74, 6) is 1.17. The molecule has 4 aliphatic carbocycles. The summed E-state index contributed by atoms with van der Waals surface area (Å²) >= 11 is 0. The molecule has 0 saturated heterocycles. The van der Waals surface area contributed by atoms with Gasteiger partial charge in [0.25, 0.3) is 0 Å². The van der Waals surface area contributed by atoms with Gasteiger partial charge >= 0.3 is 0 Å². The van der Waals surface area contributed by atoms with Crippen LogP contribution in [0, 0.1) is 11.8 Å². The summed E-state index contributed by atoms with van der Waals surface area (Å²) in [5, 5.41) is 62.7. The van der Waals surface area contributed by atoms with Crippen molar-refractivity contribution in [2.45, 2.75) is 111 Å². The van der Waals surface area contributed by atoms with Crippen LogP contribution in [0.15, 0.2) is 87.0 Å². The van der Waals surface area contributed by atoms with Gasteiger partial charge in [0.05, 0.1) is 23.4 Å². The largest absolute Gasteiger partial charge is 0.508 e. The van der Waals surface area contributed by atoms with Crippen LogP contribution >= 0.6 is 0 Å². The predicted octanol–water partition coefficient (Wildman–Crippen LogP) is 6.46. The number of rotatable bonds is 8. The van der Waals surface area contributed by atoms with E-state index in [9.17, 15) is 30.6 Å². The van der Waals surface area contributed by atoms with E-state index < -0.39 is 23.4 Å². The third-order valence-corrected chi connectivity index (χ3v) is 11.9. The number of hydrogen-bond acceptors (Lipinski definition) is 6. The second-order valence-electron chi connectivity index (χ2n) is 14.5. The van der Waals surface area contributed by atoms with Gasteiger partial charge in [-0.1, -0.05) is 36.4 Å². The van der Waals surface area contributed by atoms with Gasteiger partial charge in [0.1, 0.15) is 11.5 Å². The molecule has 4 aliphatic rings. The fourth-order valence-corrected chi connectivity index (χ4v) is 9.71. The normalized spacial score (nSPS) is 35.9. The lowest BCUT2D eigenvalue weighted by Crippen LogP contribution is -2.57. The third kappa shape index (κ3) is 5.90. The zero-order valence-corrected chi connectivity index (χ0v) is 27.1. The van der Waals surface area contributed by atoms with E-state index in [0.717, 1.165) is 49.7 Å². The van der Waals surface area contributed by atoms with Gasteiger partial charge in [0, 0.05) is 10.8 Å². The van der Waals surface area contributed by atoms with Crippen LogP contribution in [0.1, 0.15) is 86.5 Å². The van der Waals surface area contributed by atoms with Crippen LogP contribution in [0.4, 0.5) is 0 Å². The van der Waals surface area contributed by atoms with Gasteiger partial charge < -0.3 is 30.6 Å². The zero-order valence-electron chi connectivity index (χ0n) is 27.1. The molecule has 6 nitrogen and oxygen atoms in total. The monoisotopic (exact) mass is 628 g/mol. The van der Waals surface area contributed by atoms with Crippen molar-refractivity contribution in [1.82, 2.24) is 0 Å². The minimum Gasteiger partial charge on any atom is -0.508 e. The van der Waals surface area contributed by atoms with Gasteiger partial charge in [-0.05, 0) is 135 Å². The van der Waals surface area contributed by atoms with E-state index in [1.54, 1.807) is 24.3 Å². The van der Waals surface area contributed by atoms with Crippen molar-refractivity contribution < 1.29 is 30.6 Å². The van der Waals surface area contributed by atoms with Gasteiger partial charge in [-0.2, -0.15) is 0 Å². The molecule has 6 heteroatoms. The Bertz CT molecular complexity index is 1360. The molecule has 0 aromatic heterocycles. The third-order valence-electron chi connectivity index (χ3n) is 11.9. The molecular formula is C40H52O6. The van der Waals surface area contributed by atoms with Gasteiger partial charge in [0.15, 0.2) is 0 Å². The topological polar surface area (TPSA) is 121 Å². The smallest absolute Gasteiger partial charge is 0.115 e. The van der Waals surface area contributed by atoms with E-state index in [4.69, 9.17) is 0 Å². The highest BCUT2D eigenvalue weighted by molar-refractivity contribution is 5.45. The number of aromatic hydroxyl groups is 2. The highest BCUT2D eigenvalue weighted by Crippen LogP contribution is 2.57. The maximum absolute atomic E-state index is 10.9. The molecule has 6 N–H and O–H groups in total. The van der Waals surface area contributed by atoms with Crippen LogP contribution in [0.3, 0.4) is 0 Å². The van der Waals surface area contributed by atoms with Gasteiger partial charge in [-0.25, -0.2) is 0 Å². The summed E-state index contributed by atoms with van der Waals surface area (Å²) in [5.41, 5.74) is 2.16. The summed E-state index contributed by atoms with van der Waals surface area (Å²) in [6.07, 6.45) is 13.9. The molecule has 0 spiro atoms. The summed E-state index contributed by atoms with van der Waals surface area (Å²) in [4.78, 5) is 0. The number of benzene rings is 2. The lowest BCUT2D eigenvalue weighted by atomic mass is 9.52. The summed E-state index contributed by atoms with van der Waals surface area (Å²) in [6.45, 7) is 15.3. The molecule has 0 radical (unpaired) electrons. The Labute approximate surface area is 274 Å². The average Bonchev–Trinajstić information content (AvgIpc) is 3.00. The molecule has 2 aromatic rings. The van der Waals surface area contributed by atoms with E-state index in [1.165, 1.54) is 11.1 Å². The Morgan fingerprint density at radius 1 is 0.587 bits per heavy atom. The molecule has 2 aromatic carbocycles. The van der Waals surface area contributed by atoms with Crippen molar-refractivity contribution in [3.05, 3.63) is 109 Å². The number of aliphatic hydroxyl groups excluding tert-OH is 2. The molecule has 8 atom stereocenters. The maximum Gasteiger partial charge on any atom is 0.115 e. The first-order valence-electron chi connectivity index (χ1n) is 16.8. The van der Waals surface area contributed by atoms with Crippen LogP contribution in [0.5, 0.6) is 11.5 Å². The van der Waals surface area contributed by atoms with Gasteiger partial charge in [-0.15, -0.1) is 26.3 Å². The first-order valence-corrected chi connectivity index (χ1v) is 16.8. The van der Waals surface area contributed by atoms with Crippen LogP contribution in [-0.2, 0) is 23.7 Å². The molecule has 0 bridgehead atoms. The number of allylic oxidation sites excluding steroid dienone is 2. The Balaban J connectivity index is 0.000000181. The molecule has 6 rings (SSSR count). The minimum atomic E-state index is -1.08. The number of phenols is 2. The quantitative estimate of drug-likeness (QED) is 0.187. The molecule has 0 amide bonds. The lowest BCUT2D eigenvalue weighted by Gasteiger charge is -2.55. The molecular weight excluding hydrogens is 576 g/mol. The number of hydrogen-bond donors (Lipinski definition) is 6. The van der Waals surface area contributed by atoms with Crippen molar-refractivity contribution in [2.75, 3.05) is 0 Å². The zero-order chi connectivity index (χ0) is 33.3.